The Balaban J connectivity index is 2.01. The van der Waals surface area contributed by atoms with Gasteiger partial charge in [-0.25, -0.2) is 0 Å². The third-order valence-corrected chi connectivity index (χ3v) is 3.41. The van der Waals surface area contributed by atoms with Crippen molar-refractivity contribution < 1.29 is 9.53 Å². The first-order valence-corrected chi connectivity index (χ1v) is 6.85. The predicted molar refractivity (Wildman–Crippen MR) is 83.5 cm³/mol. The second kappa shape index (κ2) is 5.36. The Morgan fingerprint density at radius 2 is 1.81 bits per heavy atom. The normalized spacial score (nSPS) is 14.0. The number of carbonyl (C=O) groups is 1. The highest BCUT2D eigenvalue weighted by Gasteiger charge is 2.23. The molecule has 0 unspecified atom stereocenters. The smallest absolute Gasteiger partial charge is 0.258 e. The first-order valence-electron chi connectivity index (χ1n) is 6.85. The molecule has 2 aromatic carbocycles. The lowest BCUT2D eigenvalue weighted by Crippen LogP contribution is -2.31. The fraction of sp³-hybridized carbons (Fsp3) is 0.188. The van der Waals surface area contributed by atoms with E-state index >= 15 is 0 Å². The van der Waals surface area contributed by atoms with Gasteiger partial charge in [0.1, 0.15) is 5.75 Å². The number of nitrogen functional groups attached to an aromatic ring is 2. The molecule has 3 rings (SSSR count). The molecular weight excluding hydrogens is 266 g/mol. The molecule has 0 spiro atoms. The minimum Gasteiger partial charge on any atom is -0.491 e. The van der Waals surface area contributed by atoms with Gasteiger partial charge in [-0.05, 0) is 36.8 Å². The maximum atomic E-state index is 12.8. The van der Waals surface area contributed by atoms with E-state index in [1.54, 1.807) is 23.1 Å². The molecule has 2 aromatic rings. The van der Waals surface area contributed by atoms with Crippen LogP contribution in [0.4, 0.5) is 17.1 Å². The van der Waals surface area contributed by atoms with E-state index in [1.165, 1.54) is 0 Å². The fourth-order valence-electron chi connectivity index (χ4n) is 2.49. The summed E-state index contributed by atoms with van der Waals surface area (Å²) in [6.45, 7) is 1.20. The summed E-state index contributed by atoms with van der Waals surface area (Å²) in [6, 6.07) is 12.5. The van der Waals surface area contributed by atoms with Crippen LogP contribution in [0.2, 0.25) is 0 Å². The van der Waals surface area contributed by atoms with Gasteiger partial charge in [0.2, 0.25) is 0 Å². The second-order valence-electron chi connectivity index (χ2n) is 5.01. The van der Waals surface area contributed by atoms with Crippen LogP contribution >= 0.6 is 0 Å². The Morgan fingerprint density at radius 1 is 1.10 bits per heavy atom. The topological polar surface area (TPSA) is 81.6 Å². The van der Waals surface area contributed by atoms with Crippen LogP contribution in [0.3, 0.4) is 0 Å². The SMILES string of the molecule is Nc1cc(N)cc(C(=O)N2CCCOc3ccccc32)c1. The number of nitrogens with two attached hydrogens (primary N) is 2. The summed E-state index contributed by atoms with van der Waals surface area (Å²) in [5.41, 5.74) is 13.8. The minimum atomic E-state index is -0.119. The Kier molecular flexibility index (Phi) is 3.39. The number of rotatable bonds is 1. The molecule has 21 heavy (non-hydrogen) atoms. The van der Waals surface area contributed by atoms with Crippen LogP contribution in [0.15, 0.2) is 42.5 Å². The number of anilines is 3. The first kappa shape index (κ1) is 13.3. The first-order chi connectivity index (χ1) is 10.1. The number of benzene rings is 2. The van der Waals surface area contributed by atoms with Crippen molar-refractivity contribution in [2.45, 2.75) is 6.42 Å². The molecule has 0 bridgehead atoms. The van der Waals surface area contributed by atoms with Gasteiger partial charge in [0, 0.05) is 23.5 Å². The Labute approximate surface area is 123 Å². The lowest BCUT2D eigenvalue weighted by atomic mass is 10.1. The van der Waals surface area contributed by atoms with Gasteiger partial charge in [-0.3, -0.25) is 4.79 Å². The Morgan fingerprint density at radius 3 is 2.57 bits per heavy atom. The molecule has 1 aliphatic rings. The summed E-state index contributed by atoms with van der Waals surface area (Å²) in [5.74, 6) is 0.604. The third-order valence-electron chi connectivity index (χ3n) is 3.41. The van der Waals surface area contributed by atoms with Crippen molar-refractivity contribution in [3.05, 3.63) is 48.0 Å². The summed E-state index contributed by atoms with van der Waals surface area (Å²) in [5, 5.41) is 0. The average Bonchev–Trinajstić information content (AvgIpc) is 2.68. The van der Waals surface area contributed by atoms with Crippen LogP contribution in [-0.4, -0.2) is 19.1 Å². The lowest BCUT2D eigenvalue weighted by Gasteiger charge is -2.22. The molecule has 1 amide bonds. The average molecular weight is 283 g/mol. The van der Waals surface area contributed by atoms with Gasteiger partial charge in [-0.15, -0.1) is 0 Å². The molecule has 4 N–H and O–H groups in total. The van der Waals surface area contributed by atoms with Crippen molar-refractivity contribution in [3.63, 3.8) is 0 Å². The van der Waals surface area contributed by atoms with Gasteiger partial charge in [0.05, 0.1) is 12.3 Å². The zero-order chi connectivity index (χ0) is 14.8. The van der Waals surface area contributed by atoms with E-state index in [4.69, 9.17) is 16.2 Å². The van der Waals surface area contributed by atoms with E-state index in [1.807, 2.05) is 24.3 Å². The van der Waals surface area contributed by atoms with Crippen LogP contribution in [-0.2, 0) is 0 Å². The summed E-state index contributed by atoms with van der Waals surface area (Å²) in [4.78, 5) is 14.5. The molecule has 1 aliphatic heterocycles. The number of hydrogen-bond donors (Lipinski definition) is 2. The number of amides is 1. The molecule has 0 saturated carbocycles. The molecule has 0 atom stereocenters. The van der Waals surface area contributed by atoms with Crippen molar-refractivity contribution in [1.82, 2.24) is 0 Å². The van der Waals surface area contributed by atoms with Crippen molar-refractivity contribution in [1.29, 1.82) is 0 Å². The summed E-state index contributed by atoms with van der Waals surface area (Å²) >= 11 is 0. The Hall–Kier alpha value is -2.69. The predicted octanol–water partition coefficient (Wildman–Crippen LogP) is 2.28. The van der Waals surface area contributed by atoms with E-state index < -0.39 is 0 Å². The third kappa shape index (κ3) is 2.63. The van der Waals surface area contributed by atoms with Crippen LogP contribution in [0.5, 0.6) is 5.75 Å². The van der Waals surface area contributed by atoms with Crippen molar-refractivity contribution in [2.24, 2.45) is 0 Å². The second-order valence-corrected chi connectivity index (χ2v) is 5.01. The highest BCUT2D eigenvalue weighted by Crippen LogP contribution is 2.31. The standard InChI is InChI=1S/C16H17N3O2/c17-12-8-11(9-13(18)10-12)16(20)19-6-3-7-21-15-5-2-1-4-14(15)19/h1-2,4-5,8-10H,3,6-7,17-18H2. The number of nitrogens with zero attached hydrogens (tertiary/aromatic N) is 1. The van der Waals surface area contributed by atoms with Crippen LogP contribution in [0.1, 0.15) is 16.8 Å². The molecule has 0 saturated heterocycles. The molecule has 0 fully saturated rings. The van der Waals surface area contributed by atoms with Gasteiger partial charge >= 0.3 is 0 Å². The molecule has 0 radical (unpaired) electrons. The van der Waals surface area contributed by atoms with Crippen LogP contribution in [0.25, 0.3) is 0 Å². The quantitative estimate of drug-likeness (QED) is 0.787. The highest BCUT2D eigenvalue weighted by atomic mass is 16.5. The number of hydrogen-bond acceptors (Lipinski definition) is 4. The van der Waals surface area contributed by atoms with Crippen LogP contribution in [0, 0.1) is 0 Å². The van der Waals surface area contributed by atoms with Gasteiger partial charge in [0.15, 0.2) is 0 Å². The molecule has 5 heteroatoms. The maximum absolute atomic E-state index is 12.8. The van der Waals surface area contributed by atoms with E-state index in [2.05, 4.69) is 0 Å². The van der Waals surface area contributed by atoms with Crippen LogP contribution < -0.4 is 21.1 Å². The highest BCUT2D eigenvalue weighted by molar-refractivity contribution is 6.07. The zero-order valence-corrected chi connectivity index (χ0v) is 11.6. The lowest BCUT2D eigenvalue weighted by molar-refractivity contribution is 0.0987. The van der Waals surface area contributed by atoms with Gasteiger partial charge in [-0.1, -0.05) is 12.1 Å². The van der Waals surface area contributed by atoms with E-state index in [0.29, 0.717) is 30.1 Å². The van der Waals surface area contributed by atoms with Gasteiger partial charge in [0.25, 0.3) is 5.91 Å². The van der Waals surface area contributed by atoms with E-state index in [-0.39, 0.29) is 5.91 Å². The number of fused-ring (bicyclic) bond motifs is 1. The molecule has 5 nitrogen and oxygen atoms in total. The molecule has 0 aliphatic carbocycles. The monoisotopic (exact) mass is 283 g/mol. The zero-order valence-electron chi connectivity index (χ0n) is 11.6. The fourth-order valence-corrected chi connectivity index (χ4v) is 2.49. The number of ether oxygens (including phenoxy) is 1. The van der Waals surface area contributed by atoms with Gasteiger partial charge in [-0.2, -0.15) is 0 Å². The van der Waals surface area contributed by atoms with Crippen molar-refractivity contribution >= 4 is 23.0 Å². The molecule has 108 valence electrons. The van der Waals surface area contributed by atoms with E-state index in [0.717, 1.165) is 17.9 Å². The number of carbonyl (C=O) groups excluding carboxylic acids is 1. The molecular formula is C16H17N3O2. The minimum absolute atomic E-state index is 0.119. The summed E-state index contributed by atoms with van der Waals surface area (Å²) < 4.78 is 5.67. The van der Waals surface area contributed by atoms with Crippen molar-refractivity contribution in [3.8, 4) is 5.75 Å². The summed E-state index contributed by atoms with van der Waals surface area (Å²) in [7, 11) is 0. The van der Waals surface area contributed by atoms with Crippen molar-refractivity contribution in [2.75, 3.05) is 29.5 Å². The van der Waals surface area contributed by atoms with E-state index in [9.17, 15) is 4.79 Å². The summed E-state index contributed by atoms with van der Waals surface area (Å²) in [6.07, 6.45) is 0.776. The Bertz CT molecular complexity index is 665. The molecule has 1 heterocycles. The number of para-hydroxylation sites is 2. The van der Waals surface area contributed by atoms with Gasteiger partial charge < -0.3 is 21.1 Å². The molecule has 0 aromatic heterocycles. The largest absolute Gasteiger partial charge is 0.491 e. The maximum Gasteiger partial charge on any atom is 0.258 e.